The summed E-state index contributed by atoms with van der Waals surface area (Å²) >= 11 is 3.26. The van der Waals surface area contributed by atoms with Gasteiger partial charge in [-0.1, -0.05) is 17.8 Å². The van der Waals surface area contributed by atoms with E-state index in [0.29, 0.717) is 11.8 Å². The van der Waals surface area contributed by atoms with Gasteiger partial charge in [0.15, 0.2) is 0 Å². The number of amides is 1. The maximum Gasteiger partial charge on any atom is 0.237 e. The summed E-state index contributed by atoms with van der Waals surface area (Å²) in [5, 5.41) is 2.06. The Hall–Kier alpha value is -1.40. The van der Waals surface area contributed by atoms with Gasteiger partial charge in [-0.25, -0.2) is 9.97 Å². The minimum absolute atomic E-state index is 0.233. The number of nitrogens with zero attached hydrogens (tertiary/aromatic N) is 3. The summed E-state index contributed by atoms with van der Waals surface area (Å²) in [4.78, 5) is 26.2. The average molecular weight is 374 g/mol. The molecule has 1 amide bonds. The zero-order valence-electron chi connectivity index (χ0n) is 14.7. The minimum atomic E-state index is 0.233. The molecular weight excluding hydrogens is 350 g/mol. The van der Waals surface area contributed by atoms with Crippen molar-refractivity contribution in [3.63, 3.8) is 0 Å². The van der Waals surface area contributed by atoms with Gasteiger partial charge in [-0.15, -0.1) is 11.3 Å². The quantitative estimate of drug-likeness (QED) is 0.555. The Morgan fingerprint density at radius 1 is 1.32 bits per heavy atom. The predicted molar refractivity (Wildman–Crippen MR) is 104 cm³/mol. The van der Waals surface area contributed by atoms with Crippen molar-refractivity contribution >= 4 is 39.2 Å². The van der Waals surface area contributed by atoms with Crippen molar-refractivity contribution in [2.75, 3.05) is 5.75 Å². The van der Waals surface area contributed by atoms with Crippen molar-refractivity contribution in [3.05, 3.63) is 28.5 Å². The normalized spacial score (nSPS) is 17.6. The summed E-state index contributed by atoms with van der Waals surface area (Å²) in [7, 11) is 0. The SMILES string of the molecule is Cc1sc2ncnc(SCC(=O)N(C3=CCCCC3)C3CC3)c2c1C. The van der Waals surface area contributed by atoms with Crippen molar-refractivity contribution in [2.45, 2.75) is 63.4 Å². The van der Waals surface area contributed by atoms with Crippen molar-refractivity contribution in [2.24, 2.45) is 0 Å². The molecule has 4 nitrogen and oxygen atoms in total. The van der Waals surface area contributed by atoms with Gasteiger partial charge in [0.05, 0.1) is 5.75 Å². The van der Waals surface area contributed by atoms with Crippen LogP contribution in [0.5, 0.6) is 0 Å². The topological polar surface area (TPSA) is 46.1 Å². The molecule has 6 heteroatoms. The van der Waals surface area contributed by atoms with E-state index in [1.54, 1.807) is 29.4 Å². The van der Waals surface area contributed by atoms with Gasteiger partial charge >= 0.3 is 0 Å². The molecule has 2 aromatic rings. The van der Waals surface area contributed by atoms with E-state index in [-0.39, 0.29) is 5.91 Å². The lowest BCUT2D eigenvalue weighted by molar-refractivity contribution is -0.127. The number of hydrogen-bond acceptors (Lipinski definition) is 5. The van der Waals surface area contributed by atoms with E-state index in [2.05, 4.69) is 34.8 Å². The number of fused-ring (bicyclic) bond motifs is 1. The molecule has 2 aromatic heterocycles. The second-order valence-corrected chi connectivity index (χ2v) is 9.03. The molecule has 25 heavy (non-hydrogen) atoms. The number of hydrogen-bond donors (Lipinski definition) is 0. The third-order valence-electron chi connectivity index (χ3n) is 5.02. The summed E-state index contributed by atoms with van der Waals surface area (Å²) in [5.41, 5.74) is 2.50. The van der Waals surface area contributed by atoms with E-state index in [1.807, 2.05) is 0 Å². The molecule has 0 unspecified atom stereocenters. The van der Waals surface area contributed by atoms with E-state index in [4.69, 9.17) is 0 Å². The molecule has 132 valence electrons. The summed E-state index contributed by atoms with van der Waals surface area (Å²) in [6, 6.07) is 0.438. The van der Waals surface area contributed by atoms with Gasteiger partial charge in [-0.05, 0) is 57.9 Å². The zero-order valence-corrected chi connectivity index (χ0v) is 16.4. The standard InChI is InChI=1S/C19H23N3OS2/c1-12-13(2)25-19-17(12)18(20-11-21-19)24-10-16(23)22(15-8-9-15)14-6-4-3-5-7-14/h6,11,15H,3-5,7-10H2,1-2H3. The Morgan fingerprint density at radius 2 is 2.16 bits per heavy atom. The van der Waals surface area contributed by atoms with Crippen LogP contribution in [0.2, 0.25) is 0 Å². The van der Waals surface area contributed by atoms with Gasteiger partial charge in [-0.2, -0.15) is 0 Å². The molecular formula is C19H23N3OS2. The fourth-order valence-electron chi connectivity index (χ4n) is 3.43. The number of thiophene rings is 1. The number of rotatable bonds is 5. The van der Waals surface area contributed by atoms with Crippen molar-refractivity contribution < 1.29 is 4.79 Å². The maximum atomic E-state index is 12.9. The van der Waals surface area contributed by atoms with Crippen molar-refractivity contribution in [3.8, 4) is 0 Å². The van der Waals surface area contributed by atoms with Crippen LogP contribution in [0.1, 0.15) is 49.0 Å². The summed E-state index contributed by atoms with van der Waals surface area (Å²) < 4.78 is 0. The number of carbonyl (C=O) groups is 1. The molecule has 0 atom stereocenters. The highest BCUT2D eigenvalue weighted by Gasteiger charge is 2.35. The summed E-state index contributed by atoms with van der Waals surface area (Å²) in [5.74, 6) is 0.686. The van der Waals surface area contributed by atoms with Gasteiger partial charge in [0.25, 0.3) is 0 Å². The number of allylic oxidation sites excluding steroid dienone is 2. The first-order valence-electron chi connectivity index (χ1n) is 8.99. The van der Waals surface area contributed by atoms with Crippen LogP contribution in [0, 0.1) is 13.8 Å². The maximum absolute atomic E-state index is 12.9. The number of aryl methyl sites for hydroxylation is 2. The van der Waals surface area contributed by atoms with Crippen LogP contribution in [-0.2, 0) is 4.79 Å². The van der Waals surface area contributed by atoms with E-state index in [1.165, 1.54) is 29.0 Å². The van der Waals surface area contributed by atoms with Gasteiger partial charge in [0, 0.05) is 22.0 Å². The molecule has 2 aliphatic rings. The number of aromatic nitrogens is 2. The molecule has 1 saturated carbocycles. The molecule has 0 N–H and O–H groups in total. The third kappa shape index (κ3) is 3.47. The third-order valence-corrected chi connectivity index (χ3v) is 7.11. The van der Waals surface area contributed by atoms with Gasteiger partial charge in [-0.3, -0.25) is 4.79 Å². The molecule has 0 bridgehead atoms. The van der Waals surface area contributed by atoms with E-state index in [0.717, 1.165) is 40.9 Å². The summed E-state index contributed by atoms with van der Waals surface area (Å²) in [6.45, 7) is 4.23. The Morgan fingerprint density at radius 3 is 2.88 bits per heavy atom. The first kappa shape index (κ1) is 17.0. The zero-order chi connectivity index (χ0) is 17.4. The smallest absolute Gasteiger partial charge is 0.237 e. The van der Waals surface area contributed by atoms with Crippen LogP contribution in [-0.4, -0.2) is 32.6 Å². The van der Waals surface area contributed by atoms with E-state index >= 15 is 0 Å². The van der Waals surface area contributed by atoms with Crippen LogP contribution < -0.4 is 0 Å². The Labute approximate surface area is 156 Å². The average Bonchev–Trinajstić information content (AvgIpc) is 3.40. The Kier molecular flexibility index (Phi) is 4.82. The fraction of sp³-hybridized carbons (Fsp3) is 0.526. The van der Waals surface area contributed by atoms with Crippen LogP contribution >= 0.6 is 23.1 Å². The number of thioether (sulfide) groups is 1. The number of carbonyl (C=O) groups excluding carboxylic acids is 1. The van der Waals surface area contributed by atoms with Gasteiger partial charge in [0.1, 0.15) is 16.2 Å². The lowest BCUT2D eigenvalue weighted by atomic mass is 10.0. The van der Waals surface area contributed by atoms with Gasteiger partial charge in [0.2, 0.25) is 5.91 Å². The predicted octanol–water partition coefficient (Wildman–Crippen LogP) is 4.85. The fourth-order valence-corrected chi connectivity index (χ4v) is 5.41. The lowest BCUT2D eigenvalue weighted by Gasteiger charge is -2.27. The van der Waals surface area contributed by atoms with Crippen LogP contribution in [0.4, 0.5) is 0 Å². The minimum Gasteiger partial charge on any atom is -0.313 e. The van der Waals surface area contributed by atoms with E-state index in [9.17, 15) is 4.79 Å². The lowest BCUT2D eigenvalue weighted by Crippen LogP contribution is -2.34. The largest absolute Gasteiger partial charge is 0.313 e. The molecule has 1 fully saturated rings. The highest BCUT2D eigenvalue weighted by molar-refractivity contribution is 8.00. The monoisotopic (exact) mass is 373 g/mol. The van der Waals surface area contributed by atoms with Gasteiger partial charge < -0.3 is 4.90 Å². The Bertz CT molecular complexity index is 839. The van der Waals surface area contributed by atoms with Crippen molar-refractivity contribution in [1.82, 2.24) is 14.9 Å². The molecule has 0 radical (unpaired) electrons. The second-order valence-electron chi connectivity index (χ2n) is 6.87. The van der Waals surface area contributed by atoms with Crippen LogP contribution in [0.25, 0.3) is 10.2 Å². The first-order valence-corrected chi connectivity index (χ1v) is 10.8. The molecule has 2 heterocycles. The molecule has 0 aromatic carbocycles. The van der Waals surface area contributed by atoms with E-state index < -0.39 is 0 Å². The summed E-state index contributed by atoms with van der Waals surface area (Å²) in [6.07, 6.45) is 10.8. The Balaban J connectivity index is 1.52. The first-order chi connectivity index (χ1) is 12.1. The van der Waals surface area contributed by atoms with Crippen LogP contribution in [0.3, 0.4) is 0 Å². The molecule has 4 rings (SSSR count). The molecule has 2 aliphatic carbocycles. The molecule has 0 saturated heterocycles. The highest BCUT2D eigenvalue weighted by atomic mass is 32.2. The molecule has 0 aliphatic heterocycles. The van der Waals surface area contributed by atoms with Crippen LogP contribution in [0.15, 0.2) is 23.1 Å². The van der Waals surface area contributed by atoms with Crippen molar-refractivity contribution in [1.29, 1.82) is 0 Å². The highest BCUT2D eigenvalue weighted by Crippen LogP contribution is 2.37. The molecule has 0 spiro atoms. The second kappa shape index (κ2) is 7.08.